The highest BCUT2D eigenvalue weighted by atomic mass is 16.6. The minimum Gasteiger partial charge on any atom is -0.462 e. The zero-order valence-corrected chi connectivity index (χ0v) is 40.2. The number of esters is 3. The summed E-state index contributed by atoms with van der Waals surface area (Å²) in [5.41, 5.74) is 0. The Hall–Kier alpha value is -4.97. The van der Waals surface area contributed by atoms with Crippen molar-refractivity contribution < 1.29 is 28.6 Å². The number of unbranched alkanes of at least 4 members (excludes halogenated alkanes) is 10. The Labute approximate surface area is 390 Å². The van der Waals surface area contributed by atoms with Crippen LogP contribution >= 0.6 is 0 Å². The summed E-state index contributed by atoms with van der Waals surface area (Å²) in [6.07, 6.45) is 73.7. The molecule has 0 aliphatic heterocycles. The van der Waals surface area contributed by atoms with Gasteiger partial charge in [-0.05, 0) is 96.3 Å². The van der Waals surface area contributed by atoms with Crippen LogP contribution in [0.15, 0.2) is 158 Å². The van der Waals surface area contributed by atoms with Crippen LogP contribution in [-0.4, -0.2) is 37.2 Å². The molecule has 1 unspecified atom stereocenters. The molecule has 6 nitrogen and oxygen atoms in total. The van der Waals surface area contributed by atoms with Gasteiger partial charge in [0, 0.05) is 19.3 Å². The second-order valence-electron chi connectivity index (χ2n) is 15.4. The lowest BCUT2D eigenvalue weighted by atomic mass is 10.1. The van der Waals surface area contributed by atoms with Crippen molar-refractivity contribution in [1.29, 1.82) is 0 Å². The van der Waals surface area contributed by atoms with E-state index < -0.39 is 12.1 Å². The van der Waals surface area contributed by atoms with Crippen LogP contribution in [0, 0.1) is 0 Å². The molecule has 0 aliphatic carbocycles. The SMILES string of the molecule is CC\C=C/C=C\C=C/C=C\C=C\C=C/C=C\CCCCCC(=O)OCC(COC(=O)CCCCCC/C=C\CCCC)OC(=O)CCC/C=C\C/C=C\C/C=C\C/C=C\C/C=C\CC. The minimum absolute atomic E-state index is 0.130. The zero-order valence-electron chi connectivity index (χ0n) is 40.2. The maximum Gasteiger partial charge on any atom is 0.306 e. The topological polar surface area (TPSA) is 78.9 Å². The molecule has 0 saturated carbocycles. The Morgan fingerprint density at radius 1 is 0.344 bits per heavy atom. The maximum atomic E-state index is 12.8. The normalized spacial score (nSPS) is 13.5. The van der Waals surface area contributed by atoms with Crippen LogP contribution < -0.4 is 0 Å². The van der Waals surface area contributed by atoms with Gasteiger partial charge in [-0.2, -0.15) is 0 Å². The summed E-state index contributed by atoms with van der Waals surface area (Å²) in [7, 11) is 0. The van der Waals surface area contributed by atoms with Gasteiger partial charge >= 0.3 is 17.9 Å². The fraction of sp³-hybridized carbons (Fsp3) is 0.500. The molecular weight excluding hydrogens is 793 g/mol. The van der Waals surface area contributed by atoms with Crippen molar-refractivity contribution >= 4 is 17.9 Å². The first-order valence-corrected chi connectivity index (χ1v) is 24.6. The van der Waals surface area contributed by atoms with Crippen LogP contribution in [0.25, 0.3) is 0 Å². The molecular formula is C58H86O6. The molecule has 0 N–H and O–H groups in total. The smallest absolute Gasteiger partial charge is 0.306 e. The summed E-state index contributed by atoms with van der Waals surface area (Å²) < 4.78 is 16.6. The first-order valence-electron chi connectivity index (χ1n) is 24.6. The Bertz CT molecular complexity index is 1520. The molecule has 0 saturated heterocycles. The highest BCUT2D eigenvalue weighted by Gasteiger charge is 2.19. The van der Waals surface area contributed by atoms with Crippen molar-refractivity contribution in [2.24, 2.45) is 0 Å². The highest BCUT2D eigenvalue weighted by molar-refractivity contribution is 5.71. The molecule has 6 heteroatoms. The van der Waals surface area contributed by atoms with Crippen molar-refractivity contribution in [3.63, 3.8) is 0 Å². The molecule has 0 amide bonds. The number of rotatable bonds is 41. The number of allylic oxidation sites excluding steroid dienone is 26. The van der Waals surface area contributed by atoms with Crippen LogP contribution in [0.3, 0.4) is 0 Å². The van der Waals surface area contributed by atoms with Gasteiger partial charge in [-0.15, -0.1) is 0 Å². The first kappa shape index (κ1) is 59.0. The van der Waals surface area contributed by atoms with Gasteiger partial charge in [-0.1, -0.05) is 211 Å². The fourth-order valence-electron chi connectivity index (χ4n) is 5.79. The largest absolute Gasteiger partial charge is 0.462 e. The van der Waals surface area contributed by atoms with E-state index in [2.05, 4.69) is 106 Å². The summed E-state index contributed by atoms with van der Waals surface area (Å²) in [5, 5.41) is 0. The Balaban J connectivity index is 4.61. The van der Waals surface area contributed by atoms with Gasteiger partial charge in [-0.3, -0.25) is 14.4 Å². The molecule has 0 fully saturated rings. The summed E-state index contributed by atoms with van der Waals surface area (Å²) in [6, 6.07) is 0. The summed E-state index contributed by atoms with van der Waals surface area (Å²) in [6.45, 7) is 6.19. The monoisotopic (exact) mass is 879 g/mol. The van der Waals surface area contributed by atoms with E-state index in [-0.39, 0.29) is 38.0 Å². The van der Waals surface area contributed by atoms with Crippen molar-refractivity contribution in [2.75, 3.05) is 13.2 Å². The third kappa shape index (κ3) is 48.1. The molecule has 0 aromatic heterocycles. The van der Waals surface area contributed by atoms with Crippen LogP contribution in [0.1, 0.15) is 168 Å². The lowest BCUT2D eigenvalue weighted by Crippen LogP contribution is -2.30. The minimum atomic E-state index is -0.838. The third-order valence-electron chi connectivity index (χ3n) is 9.44. The average molecular weight is 879 g/mol. The van der Waals surface area contributed by atoms with E-state index in [0.29, 0.717) is 19.3 Å². The van der Waals surface area contributed by atoms with Gasteiger partial charge in [-0.25, -0.2) is 0 Å². The van der Waals surface area contributed by atoms with E-state index in [1.165, 1.54) is 12.8 Å². The second-order valence-corrected chi connectivity index (χ2v) is 15.4. The maximum absolute atomic E-state index is 12.8. The molecule has 1 atom stereocenters. The lowest BCUT2D eigenvalue weighted by Gasteiger charge is -2.18. The molecule has 64 heavy (non-hydrogen) atoms. The average Bonchev–Trinajstić information content (AvgIpc) is 3.29. The molecule has 354 valence electrons. The standard InChI is InChI=1S/C58H86O6/c1-4-7-10-13-16-19-22-24-26-28-29-31-32-34-36-39-42-45-48-51-57(60)63-54-55(53-62-56(59)50-47-44-41-38-21-18-15-12-9-6-3)64-58(61)52-49-46-43-40-37-35-33-30-27-25-23-20-17-14-11-8-5-2/h7-8,10-11,13,15-20,22,24-29,31-36,40,43,55H,4-6,9,12,14,21,23,30,37-39,41-42,44-54H2,1-3H3/b10-7-,11-8-,16-13-,18-15-,20-17-,22-19-,26-24-,27-25-,29-28+,32-31-,35-33-,36-34-,43-40-. The van der Waals surface area contributed by atoms with E-state index in [1.807, 2.05) is 72.9 Å². The van der Waals surface area contributed by atoms with Gasteiger partial charge in [0.25, 0.3) is 0 Å². The Morgan fingerprint density at radius 2 is 0.703 bits per heavy atom. The van der Waals surface area contributed by atoms with Crippen molar-refractivity contribution in [3.05, 3.63) is 158 Å². The molecule has 0 radical (unpaired) electrons. The third-order valence-corrected chi connectivity index (χ3v) is 9.44. The summed E-state index contributed by atoms with van der Waals surface area (Å²) in [4.78, 5) is 37.9. The summed E-state index contributed by atoms with van der Waals surface area (Å²) in [5.74, 6) is -1.07. The van der Waals surface area contributed by atoms with Crippen LogP contribution in [0.5, 0.6) is 0 Å². The lowest BCUT2D eigenvalue weighted by molar-refractivity contribution is -0.167. The molecule has 0 spiro atoms. The first-order chi connectivity index (χ1) is 31.5. The predicted octanol–water partition coefficient (Wildman–Crippen LogP) is 16.2. The number of hydrogen-bond acceptors (Lipinski definition) is 6. The number of hydrogen-bond donors (Lipinski definition) is 0. The van der Waals surface area contributed by atoms with Crippen molar-refractivity contribution in [3.8, 4) is 0 Å². The van der Waals surface area contributed by atoms with Gasteiger partial charge in [0.2, 0.25) is 0 Å². The van der Waals surface area contributed by atoms with Gasteiger partial charge in [0.15, 0.2) is 6.10 Å². The van der Waals surface area contributed by atoms with E-state index >= 15 is 0 Å². The molecule has 0 rings (SSSR count). The van der Waals surface area contributed by atoms with Crippen molar-refractivity contribution in [2.45, 2.75) is 175 Å². The summed E-state index contributed by atoms with van der Waals surface area (Å²) >= 11 is 0. The number of carbonyl (C=O) groups excluding carboxylic acids is 3. The second kappa shape index (κ2) is 50.7. The van der Waals surface area contributed by atoms with E-state index in [9.17, 15) is 14.4 Å². The van der Waals surface area contributed by atoms with Gasteiger partial charge in [0.1, 0.15) is 13.2 Å². The van der Waals surface area contributed by atoms with Crippen LogP contribution in [0.4, 0.5) is 0 Å². The van der Waals surface area contributed by atoms with E-state index in [0.717, 1.165) is 103 Å². The molecule has 0 heterocycles. The Kier molecular flexibility index (Phi) is 46.7. The highest BCUT2D eigenvalue weighted by Crippen LogP contribution is 2.11. The van der Waals surface area contributed by atoms with Gasteiger partial charge < -0.3 is 14.2 Å². The molecule has 0 aromatic rings. The van der Waals surface area contributed by atoms with E-state index in [1.54, 1.807) is 0 Å². The predicted molar refractivity (Wildman–Crippen MR) is 274 cm³/mol. The van der Waals surface area contributed by atoms with Crippen LogP contribution in [-0.2, 0) is 28.6 Å². The van der Waals surface area contributed by atoms with Gasteiger partial charge in [0.05, 0.1) is 0 Å². The molecule has 0 bridgehead atoms. The molecule has 0 aromatic carbocycles. The Morgan fingerprint density at radius 3 is 1.20 bits per heavy atom. The van der Waals surface area contributed by atoms with E-state index in [4.69, 9.17) is 14.2 Å². The number of carbonyl (C=O) groups is 3. The van der Waals surface area contributed by atoms with Crippen molar-refractivity contribution in [1.82, 2.24) is 0 Å². The molecule has 0 aliphatic rings. The number of ether oxygens (including phenoxy) is 3. The van der Waals surface area contributed by atoms with Crippen LogP contribution in [0.2, 0.25) is 0 Å². The zero-order chi connectivity index (χ0) is 46.5. The quantitative estimate of drug-likeness (QED) is 0.0200. The fourth-order valence-corrected chi connectivity index (χ4v) is 5.79.